The zero-order chi connectivity index (χ0) is 25.1. The van der Waals surface area contributed by atoms with E-state index in [1.54, 1.807) is 48.5 Å². The number of aryl methyl sites for hydroxylation is 1. The standard InChI is InChI=1S/C25H18ClN3O6/c1-15-2-7-19(8-3-15)28-24(31)21(23(30)27-25(28)32)13-17-12-18(26)6-11-22(17)35-14-16-4-9-20(10-5-16)29(33)34/h2-13H,14H2,1H3,(H,27,30,32)/b21-13+. The van der Waals surface area contributed by atoms with E-state index in [-0.39, 0.29) is 17.9 Å². The highest BCUT2D eigenvalue weighted by Gasteiger charge is 2.37. The zero-order valence-corrected chi connectivity index (χ0v) is 19.1. The SMILES string of the molecule is Cc1ccc(N2C(=O)NC(=O)/C(=C\c3cc(Cl)ccc3OCc3ccc([N+](=O)[O-])cc3)C2=O)cc1. The van der Waals surface area contributed by atoms with Crippen LogP contribution in [-0.4, -0.2) is 22.8 Å². The largest absolute Gasteiger partial charge is 0.488 e. The van der Waals surface area contributed by atoms with Crippen LogP contribution < -0.4 is 15.0 Å². The number of carbonyl (C=O) groups excluding carboxylic acids is 3. The monoisotopic (exact) mass is 491 g/mol. The number of nitrogens with one attached hydrogen (secondary N) is 1. The van der Waals surface area contributed by atoms with Crippen molar-refractivity contribution in [2.24, 2.45) is 0 Å². The molecule has 1 fully saturated rings. The van der Waals surface area contributed by atoms with Gasteiger partial charge < -0.3 is 4.74 Å². The summed E-state index contributed by atoms with van der Waals surface area (Å²) in [6.45, 7) is 1.94. The van der Waals surface area contributed by atoms with Gasteiger partial charge in [-0.2, -0.15) is 0 Å². The second-order valence-corrected chi connectivity index (χ2v) is 8.12. The number of ether oxygens (including phenoxy) is 1. The zero-order valence-electron chi connectivity index (χ0n) is 18.4. The molecule has 0 aliphatic carbocycles. The highest BCUT2D eigenvalue weighted by molar-refractivity contribution is 6.39. The summed E-state index contributed by atoms with van der Waals surface area (Å²) in [6.07, 6.45) is 1.31. The molecule has 3 aromatic rings. The van der Waals surface area contributed by atoms with E-state index in [9.17, 15) is 24.5 Å². The summed E-state index contributed by atoms with van der Waals surface area (Å²) in [4.78, 5) is 49.3. The summed E-state index contributed by atoms with van der Waals surface area (Å²) in [5.41, 5.74) is 1.96. The number of benzene rings is 3. The van der Waals surface area contributed by atoms with Gasteiger partial charge in [-0.25, -0.2) is 9.69 Å². The third kappa shape index (κ3) is 5.20. The van der Waals surface area contributed by atoms with E-state index in [0.717, 1.165) is 10.5 Å². The van der Waals surface area contributed by atoms with Crippen LogP contribution >= 0.6 is 11.6 Å². The number of hydrogen-bond acceptors (Lipinski definition) is 6. The van der Waals surface area contributed by atoms with Gasteiger partial charge >= 0.3 is 6.03 Å². The Hall–Kier alpha value is -4.50. The minimum absolute atomic E-state index is 0.0415. The van der Waals surface area contributed by atoms with Crippen LogP contribution in [0.15, 0.2) is 72.3 Å². The first-order valence-corrected chi connectivity index (χ1v) is 10.7. The highest BCUT2D eigenvalue weighted by Crippen LogP contribution is 2.29. The smallest absolute Gasteiger partial charge is 0.335 e. The van der Waals surface area contributed by atoms with Gasteiger partial charge in [0.2, 0.25) is 0 Å². The summed E-state index contributed by atoms with van der Waals surface area (Å²) in [6, 6.07) is 16.4. The molecule has 1 aliphatic heterocycles. The molecule has 176 valence electrons. The maximum absolute atomic E-state index is 13.1. The Kier molecular flexibility index (Phi) is 6.61. The molecule has 1 saturated heterocycles. The average molecular weight is 492 g/mol. The fraction of sp³-hybridized carbons (Fsp3) is 0.0800. The Bertz CT molecular complexity index is 1370. The number of amides is 4. The van der Waals surface area contributed by atoms with Crippen molar-refractivity contribution in [3.05, 3.63) is 104 Å². The van der Waals surface area contributed by atoms with Gasteiger partial charge in [-0.15, -0.1) is 0 Å². The van der Waals surface area contributed by atoms with Gasteiger partial charge in [0, 0.05) is 22.7 Å². The molecule has 0 atom stereocenters. The van der Waals surface area contributed by atoms with Crippen LogP contribution in [0.1, 0.15) is 16.7 Å². The summed E-state index contributed by atoms with van der Waals surface area (Å²) < 4.78 is 5.84. The number of hydrogen-bond donors (Lipinski definition) is 1. The predicted octanol–water partition coefficient (Wildman–Crippen LogP) is 4.80. The minimum atomic E-state index is -0.846. The molecular formula is C25H18ClN3O6. The molecule has 35 heavy (non-hydrogen) atoms. The molecule has 10 heteroatoms. The summed E-state index contributed by atoms with van der Waals surface area (Å²) >= 11 is 6.14. The van der Waals surface area contributed by atoms with E-state index in [1.807, 2.05) is 6.92 Å². The number of halogens is 1. The third-order valence-corrected chi connectivity index (χ3v) is 5.44. The lowest BCUT2D eigenvalue weighted by Crippen LogP contribution is -2.54. The predicted molar refractivity (Wildman–Crippen MR) is 129 cm³/mol. The van der Waals surface area contributed by atoms with Crippen molar-refractivity contribution < 1.29 is 24.0 Å². The van der Waals surface area contributed by atoms with Crippen molar-refractivity contribution in [2.75, 3.05) is 4.90 Å². The molecule has 0 radical (unpaired) electrons. The van der Waals surface area contributed by atoms with Crippen LogP contribution in [0.3, 0.4) is 0 Å². The molecule has 0 aromatic heterocycles. The van der Waals surface area contributed by atoms with Gasteiger partial charge in [0.15, 0.2) is 0 Å². The average Bonchev–Trinajstić information content (AvgIpc) is 2.82. The van der Waals surface area contributed by atoms with Crippen LogP contribution in [0.5, 0.6) is 5.75 Å². The van der Waals surface area contributed by atoms with Gasteiger partial charge in [0.05, 0.1) is 10.6 Å². The van der Waals surface area contributed by atoms with Crippen molar-refractivity contribution in [1.82, 2.24) is 5.32 Å². The summed E-state index contributed by atoms with van der Waals surface area (Å²) in [5, 5.41) is 13.4. The molecular weight excluding hydrogens is 474 g/mol. The van der Waals surface area contributed by atoms with E-state index in [2.05, 4.69) is 5.32 Å². The molecule has 0 bridgehead atoms. The summed E-state index contributed by atoms with van der Waals surface area (Å²) in [5.74, 6) is -1.31. The second-order valence-electron chi connectivity index (χ2n) is 7.69. The van der Waals surface area contributed by atoms with Crippen molar-refractivity contribution in [3.8, 4) is 5.75 Å². The van der Waals surface area contributed by atoms with Gasteiger partial charge in [-0.05, 0) is 61.0 Å². The van der Waals surface area contributed by atoms with Gasteiger partial charge in [-0.1, -0.05) is 29.3 Å². The van der Waals surface area contributed by atoms with E-state index in [1.165, 1.54) is 24.3 Å². The Morgan fingerprint density at radius 1 is 1.03 bits per heavy atom. The van der Waals surface area contributed by atoms with Crippen LogP contribution in [0, 0.1) is 17.0 Å². The Labute approximate surface area is 204 Å². The number of anilines is 1. The van der Waals surface area contributed by atoms with Gasteiger partial charge in [0.1, 0.15) is 17.9 Å². The number of imide groups is 2. The normalized spacial score (nSPS) is 14.7. The number of carbonyl (C=O) groups is 3. The number of nitro benzene ring substituents is 1. The van der Waals surface area contributed by atoms with Crippen LogP contribution in [0.2, 0.25) is 5.02 Å². The lowest BCUT2D eigenvalue weighted by atomic mass is 10.1. The molecule has 0 spiro atoms. The second kappa shape index (κ2) is 9.78. The lowest BCUT2D eigenvalue weighted by molar-refractivity contribution is -0.384. The molecule has 1 aliphatic rings. The van der Waals surface area contributed by atoms with Gasteiger partial charge in [-0.3, -0.25) is 25.0 Å². The van der Waals surface area contributed by atoms with E-state index >= 15 is 0 Å². The van der Waals surface area contributed by atoms with E-state index in [4.69, 9.17) is 16.3 Å². The van der Waals surface area contributed by atoms with Crippen molar-refractivity contribution >= 4 is 46.9 Å². The van der Waals surface area contributed by atoms with E-state index < -0.39 is 22.8 Å². The molecule has 1 N–H and O–H groups in total. The maximum atomic E-state index is 13.1. The molecule has 9 nitrogen and oxygen atoms in total. The highest BCUT2D eigenvalue weighted by atomic mass is 35.5. The number of barbiturate groups is 1. The third-order valence-electron chi connectivity index (χ3n) is 5.21. The first-order chi connectivity index (χ1) is 16.7. The molecule has 4 rings (SSSR count). The number of nitrogens with zero attached hydrogens (tertiary/aromatic N) is 2. The van der Waals surface area contributed by atoms with Crippen LogP contribution in [0.4, 0.5) is 16.2 Å². The maximum Gasteiger partial charge on any atom is 0.335 e. The minimum Gasteiger partial charge on any atom is -0.488 e. The Morgan fingerprint density at radius 2 is 1.71 bits per heavy atom. The molecule has 0 saturated carbocycles. The fourth-order valence-electron chi connectivity index (χ4n) is 3.38. The quantitative estimate of drug-likeness (QED) is 0.229. The Balaban J connectivity index is 1.63. The summed E-state index contributed by atoms with van der Waals surface area (Å²) in [7, 11) is 0. The lowest BCUT2D eigenvalue weighted by Gasteiger charge is -2.26. The molecule has 3 aromatic carbocycles. The van der Waals surface area contributed by atoms with Crippen molar-refractivity contribution in [1.29, 1.82) is 0 Å². The van der Waals surface area contributed by atoms with E-state index in [0.29, 0.717) is 27.6 Å². The fourth-order valence-corrected chi connectivity index (χ4v) is 3.56. The van der Waals surface area contributed by atoms with Crippen molar-refractivity contribution in [3.63, 3.8) is 0 Å². The number of urea groups is 1. The number of rotatable bonds is 6. The first kappa shape index (κ1) is 23.7. The molecule has 4 amide bonds. The first-order valence-electron chi connectivity index (χ1n) is 10.4. The van der Waals surface area contributed by atoms with Crippen LogP contribution in [0.25, 0.3) is 6.08 Å². The van der Waals surface area contributed by atoms with Crippen molar-refractivity contribution in [2.45, 2.75) is 13.5 Å². The Morgan fingerprint density at radius 3 is 2.37 bits per heavy atom. The number of non-ortho nitro benzene ring substituents is 1. The topological polar surface area (TPSA) is 119 Å². The number of nitro groups is 1. The molecule has 0 unspecified atom stereocenters. The van der Waals surface area contributed by atoms with Gasteiger partial charge in [0.25, 0.3) is 17.5 Å². The van der Waals surface area contributed by atoms with Crippen LogP contribution in [-0.2, 0) is 16.2 Å². The molecule has 1 heterocycles.